The first kappa shape index (κ1) is 19.1. The molecule has 3 aliphatic rings. The number of nitrogens with zero attached hydrogens (tertiary/aromatic N) is 1. The van der Waals surface area contributed by atoms with Crippen molar-refractivity contribution in [2.75, 3.05) is 6.54 Å². The van der Waals surface area contributed by atoms with Gasteiger partial charge in [0.1, 0.15) is 0 Å². The molecule has 0 unspecified atom stereocenters. The highest BCUT2D eigenvalue weighted by Crippen LogP contribution is 2.44. The van der Waals surface area contributed by atoms with Gasteiger partial charge in [-0.2, -0.15) is 0 Å². The molecule has 2 nitrogen and oxygen atoms in total. The van der Waals surface area contributed by atoms with Gasteiger partial charge in [0.2, 0.25) is 5.91 Å². The van der Waals surface area contributed by atoms with Crippen molar-refractivity contribution in [3.63, 3.8) is 0 Å². The van der Waals surface area contributed by atoms with E-state index in [0.717, 1.165) is 6.54 Å². The molecule has 2 heteroatoms. The Kier molecular flexibility index (Phi) is 5.16. The van der Waals surface area contributed by atoms with Crippen LogP contribution in [0.1, 0.15) is 48.8 Å². The maximum Gasteiger partial charge on any atom is 0.224 e. The Bertz CT molecular complexity index is 878. The van der Waals surface area contributed by atoms with Crippen LogP contribution in [0.4, 0.5) is 0 Å². The van der Waals surface area contributed by atoms with Crippen LogP contribution in [-0.2, 0) is 10.2 Å². The van der Waals surface area contributed by atoms with Crippen LogP contribution in [0.3, 0.4) is 0 Å². The van der Waals surface area contributed by atoms with Gasteiger partial charge in [-0.3, -0.25) is 4.79 Å². The molecule has 6 rings (SSSR count). The third kappa shape index (κ3) is 3.35. The molecule has 3 aromatic rings. The second-order valence-corrected chi connectivity index (χ2v) is 8.90. The minimum Gasteiger partial charge on any atom is -0.339 e. The van der Waals surface area contributed by atoms with Crippen LogP contribution in [0, 0.1) is 5.92 Å². The minimum absolute atomic E-state index is 0.293. The number of hydrogen-bond acceptors (Lipinski definition) is 1. The fraction of sp³-hybridized carbons (Fsp3) is 0.321. The van der Waals surface area contributed by atoms with Crippen molar-refractivity contribution < 1.29 is 4.79 Å². The third-order valence-corrected chi connectivity index (χ3v) is 7.25. The molecule has 0 radical (unpaired) electrons. The van der Waals surface area contributed by atoms with Gasteiger partial charge in [0.05, 0.1) is 5.41 Å². The monoisotopic (exact) mass is 395 g/mol. The lowest BCUT2D eigenvalue weighted by molar-refractivity contribution is -0.139. The van der Waals surface area contributed by atoms with Crippen molar-refractivity contribution in [1.29, 1.82) is 0 Å². The van der Waals surface area contributed by atoms with Crippen molar-refractivity contribution in [2.45, 2.75) is 43.6 Å². The van der Waals surface area contributed by atoms with Gasteiger partial charge in [-0.05, 0) is 48.3 Å². The lowest BCUT2D eigenvalue weighted by Gasteiger charge is -2.47. The molecular formula is C28H29NO. The molecule has 1 saturated carbocycles. The number of rotatable bonds is 5. The predicted octanol–water partition coefficient (Wildman–Crippen LogP) is 5.81. The third-order valence-electron chi connectivity index (χ3n) is 7.25. The summed E-state index contributed by atoms with van der Waals surface area (Å²) < 4.78 is 0. The smallest absolute Gasteiger partial charge is 0.224 e. The summed E-state index contributed by atoms with van der Waals surface area (Å²) in [4.78, 5) is 16.1. The first-order valence-electron chi connectivity index (χ1n) is 11.2. The summed E-state index contributed by atoms with van der Waals surface area (Å²) in [7, 11) is 0. The van der Waals surface area contributed by atoms with E-state index in [2.05, 4.69) is 95.9 Å². The average Bonchev–Trinajstić information content (AvgIpc) is 2.85. The van der Waals surface area contributed by atoms with Gasteiger partial charge in [0, 0.05) is 19.0 Å². The summed E-state index contributed by atoms with van der Waals surface area (Å²) in [6.45, 7) is 0.942. The van der Waals surface area contributed by atoms with Crippen molar-refractivity contribution in [2.24, 2.45) is 5.92 Å². The fourth-order valence-electron chi connectivity index (χ4n) is 5.67. The normalized spacial score (nSPS) is 20.9. The van der Waals surface area contributed by atoms with E-state index in [-0.39, 0.29) is 0 Å². The number of piperidine rings is 2. The van der Waals surface area contributed by atoms with Crippen molar-refractivity contribution >= 4 is 5.91 Å². The summed E-state index contributed by atoms with van der Waals surface area (Å²) in [6, 6.07) is 32.2. The first-order chi connectivity index (χ1) is 14.8. The lowest BCUT2D eigenvalue weighted by Crippen LogP contribution is -2.52. The van der Waals surface area contributed by atoms with E-state index in [1.165, 1.54) is 42.4 Å². The molecule has 0 atom stereocenters. The molecule has 30 heavy (non-hydrogen) atoms. The molecular weight excluding hydrogens is 366 g/mol. The molecule has 3 aromatic carbocycles. The van der Waals surface area contributed by atoms with Crippen molar-refractivity contribution in [3.8, 4) is 0 Å². The van der Waals surface area contributed by atoms with Crippen molar-refractivity contribution in [1.82, 2.24) is 4.90 Å². The van der Waals surface area contributed by atoms with Gasteiger partial charge < -0.3 is 4.90 Å². The Morgan fingerprint density at radius 3 is 1.50 bits per heavy atom. The first-order valence-corrected chi connectivity index (χ1v) is 11.2. The fourth-order valence-corrected chi connectivity index (χ4v) is 5.67. The van der Waals surface area contributed by atoms with Crippen LogP contribution in [0.25, 0.3) is 0 Å². The highest BCUT2D eigenvalue weighted by atomic mass is 16.2. The van der Waals surface area contributed by atoms with E-state index in [9.17, 15) is 4.79 Å². The SMILES string of the molecule is O=C(CC(c1ccccc1)(c1ccccc1)c1ccccc1)N1CC2CCC1CC2. The Morgan fingerprint density at radius 2 is 1.13 bits per heavy atom. The van der Waals surface area contributed by atoms with Crippen molar-refractivity contribution in [3.05, 3.63) is 108 Å². The topological polar surface area (TPSA) is 20.3 Å². The Labute approximate surface area is 179 Å². The summed E-state index contributed by atoms with van der Waals surface area (Å²) in [5, 5.41) is 0. The Morgan fingerprint density at radius 1 is 0.700 bits per heavy atom. The molecule has 2 saturated heterocycles. The minimum atomic E-state index is -0.489. The summed E-state index contributed by atoms with van der Waals surface area (Å²) in [6.07, 6.45) is 5.39. The zero-order chi connectivity index (χ0) is 20.4. The second kappa shape index (κ2) is 8.10. The largest absolute Gasteiger partial charge is 0.339 e. The number of hydrogen-bond donors (Lipinski definition) is 0. The van der Waals surface area contributed by atoms with Crippen LogP contribution in [0.2, 0.25) is 0 Å². The van der Waals surface area contributed by atoms with Crippen LogP contribution < -0.4 is 0 Å². The van der Waals surface area contributed by atoms with E-state index >= 15 is 0 Å². The Balaban J connectivity index is 1.63. The zero-order valence-electron chi connectivity index (χ0n) is 17.4. The maximum atomic E-state index is 13.8. The quantitative estimate of drug-likeness (QED) is 0.499. The van der Waals surface area contributed by atoms with E-state index in [1.54, 1.807) is 0 Å². The lowest BCUT2D eigenvalue weighted by atomic mass is 9.66. The van der Waals surface area contributed by atoms with E-state index in [1.807, 2.05) is 0 Å². The molecule has 2 bridgehead atoms. The molecule has 3 fully saturated rings. The predicted molar refractivity (Wildman–Crippen MR) is 121 cm³/mol. The van der Waals surface area contributed by atoms with Gasteiger partial charge in [0.15, 0.2) is 0 Å². The summed E-state index contributed by atoms with van der Waals surface area (Å²) in [5.74, 6) is 0.986. The number of amides is 1. The number of carbonyl (C=O) groups excluding carboxylic acids is 1. The van der Waals surface area contributed by atoms with Crippen LogP contribution in [0.15, 0.2) is 91.0 Å². The van der Waals surface area contributed by atoms with Crippen LogP contribution in [-0.4, -0.2) is 23.4 Å². The van der Waals surface area contributed by atoms with Gasteiger partial charge in [-0.15, -0.1) is 0 Å². The summed E-state index contributed by atoms with van der Waals surface area (Å²) in [5.41, 5.74) is 3.05. The second-order valence-electron chi connectivity index (χ2n) is 8.90. The van der Waals surface area contributed by atoms with Gasteiger partial charge in [-0.25, -0.2) is 0 Å². The van der Waals surface area contributed by atoms with Gasteiger partial charge in [0.25, 0.3) is 0 Å². The number of carbonyl (C=O) groups is 1. The summed E-state index contributed by atoms with van der Waals surface area (Å²) >= 11 is 0. The molecule has 1 aliphatic carbocycles. The maximum absolute atomic E-state index is 13.8. The highest BCUT2D eigenvalue weighted by Gasteiger charge is 2.43. The number of fused-ring (bicyclic) bond motifs is 3. The van der Waals surface area contributed by atoms with Crippen LogP contribution >= 0.6 is 0 Å². The molecule has 0 N–H and O–H groups in total. The Hall–Kier alpha value is -2.87. The van der Waals surface area contributed by atoms with Crippen LogP contribution in [0.5, 0.6) is 0 Å². The highest BCUT2D eigenvalue weighted by molar-refractivity contribution is 5.81. The standard InChI is InChI=1S/C28H29NO/c30-27(29-21-22-16-18-26(29)19-17-22)20-28(23-10-4-1-5-11-23,24-12-6-2-7-13-24)25-14-8-3-9-15-25/h1-15,22,26H,16-21H2. The van der Waals surface area contributed by atoms with E-state index < -0.39 is 5.41 Å². The molecule has 2 aliphatic heterocycles. The molecule has 0 aromatic heterocycles. The van der Waals surface area contributed by atoms with Gasteiger partial charge in [-0.1, -0.05) is 91.0 Å². The molecule has 0 spiro atoms. The average molecular weight is 396 g/mol. The zero-order valence-corrected chi connectivity index (χ0v) is 17.4. The number of benzene rings is 3. The van der Waals surface area contributed by atoms with E-state index in [0.29, 0.717) is 24.3 Å². The molecule has 152 valence electrons. The molecule has 1 amide bonds. The van der Waals surface area contributed by atoms with Gasteiger partial charge >= 0.3 is 0 Å². The van der Waals surface area contributed by atoms with E-state index in [4.69, 9.17) is 0 Å². The molecule has 2 heterocycles.